The largest absolute Gasteiger partial charge is 0.762 e. The zero-order valence-electron chi connectivity index (χ0n) is 17.8. The van der Waals surface area contributed by atoms with Crippen molar-refractivity contribution in [3.8, 4) is 0 Å². The summed E-state index contributed by atoms with van der Waals surface area (Å²) in [6.07, 6.45) is 11.5. The van der Waals surface area contributed by atoms with Gasteiger partial charge in [0.15, 0.2) is 0 Å². The highest BCUT2D eigenvalue weighted by Crippen LogP contribution is 2.37. The van der Waals surface area contributed by atoms with E-state index < -0.39 is 7.54 Å². The van der Waals surface area contributed by atoms with E-state index >= 15 is 0 Å². The Bertz CT molecular complexity index is 366. The average Bonchev–Trinajstić information content (AvgIpc) is 3.08. The Labute approximate surface area is 188 Å². The first-order valence-electron chi connectivity index (χ1n) is 10.1. The van der Waals surface area contributed by atoms with Gasteiger partial charge in [0.25, 0.3) is 0 Å². The Morgan fingerprint density at radius 1 is 0.968 bits per heavy atom. The van der Waals surface area contributed by atoms with Crippen LogP contribution in [0.25, 0.3) is 0 Å². The first-order valence-corrected chi connectivity index (χ1v) is 10.1. The molecule has 9 heteroatoms. The monoisotopic (exact) mass is 458 g/mol. The fourth-order valence-electron chi connectivity index (χ4n) is 2.70. The number of aliphatic hydroxyl groups is 2. The molecule has 0 aromatic rings. The van der Waals surface area contributed by atoms with E-state index in [0.29, 0.717) is 18.8 Å². The maximum Gasteiger partial charge on any atom is 0.762 e. The molecule has 3 rings (SSSR count). The van der Waals surface area contributed by atoms with Crippen LogP contribution in [0.15, 0.2) is 25.3 Å². The van der Waals surface area contributed by atoms with Crippen molar-refractivity contribution in [1.82, 2.24) is 0 Å². The van der Waals surface area contributed by atoms with Crippen molar-refractivity contribution < 1.29 is 37.4 Å². The van der Waals surface area contributed by atoms with Crippen LogP contribution in [0.1, 0.15) is 67.2 Å². The van der Waals surface area contributed by atoms with Gasteiger partial charge in [0.2, 0.25) is 0 Å². The standard InChI is InChI=1S/C8H14O2.C5H8O.C4H10O.C3H6O.2CH4.BF3/c1-2-6-10-8-5-3-4-7(8)9;1-2-4-5(3-1)6-4;1-3-5-4-2;1-2-3-4;;;2-1(3)4/h2,7-9H,1,3-6H2;4-5H,1-3H2;3-4H2,1-2H3;2,4H,1,3H2;2*1H4;/t7-,8-;;;;;;/m1....../s1. The molecule has 1 aliphatic heterocycles. The fourth-order valence-corrected chi connectivity index (χ4v) is 2.70. The van der Waals surface area contributed by atoms with Crippen LogP contribution in [0.3, 0.4) is 0 Å². The molecular weight excluding hydrogens is 412 g/mol. The number of hydrogen-bond donors (Lipinski definition) is 2. The van der Waals surface area contributed by atoms with E-state index in [1.807, 2.05) is 13.8 Å². The summed E-state index contributed by atoms with van der Waals surface area (Å²) in [5.74, 6) is 0. The number of hydrogen-bond acceptors (Lipinski definition) is 5. The van der Waals surface area contributed by atoms with Crippen LogP contribution in [-0.2, 0) is 14.2 Å². The zero-order valence-corrected chi connectivity index (χ0v) is 17.8. The van der Waals surface area contributed by atoms with Crippen molar-refractivity contribution in [2.45, 2.75) is 91.6 Å². The molecule has 31 heavy (non-hydrogen) atoms. The highest BCUT2D eigenvalue weighted by atomic mass is 19.4. The normalized spacial score (nSPS) is 23.6. The minimum atomic E-state index is -3.67. The lowest BCUT2D eigenvalue weighted by atomic mass is 10.3. The smallest absolute Gasteiger partial charge is 0.392 e. The summed E-state index contributed by atoms with van der Waals surface area (Å²) >= 11 is 0. The van der Waals surface area contributed by atoms with Crippen LogP contribution in [0.2, 0.25) is 0 Å². The van der Waals surface area contributed by atoms with Crippen molar-refractivity contribution in [1.29, 1.82) is 0 Å². The highest BCUT2D eigenvalue weighted by molar-refractivity contribution is 6.33. The molecule has 0 amide bonds. The maximum atomic E-state index is 9.67. The van der Waals surface area contributed by atoms with Crippen LogP contribution >= 0.6 is 0 Å². The van der Waals surface area contributed by atoms with Crippen LogP contribution < -0.4 is 0 Å². The molecule has 0 aromatic carbocycles. The number of aliphatic hydroxyl groups excluding tert-OH is 2. The minimum absolute atomic E-state index is 0. The lowest BCUT2D eigenvalue weighted by molar-refractivity contribution is -0.00618. The Kier molecular flexibility index (Phi) is 32.8. The highest BCUT2D eigenvalue weighted by Gasteiger charge is 2.42. The Hall–Kier alpha value is -0.865. The van der Waals surface area contributed by atoms with Gasteiger partial charge in [-0.15, -0.1) is 13.2 Å². The molecule has 3 aliphatic rings. The molecule has 188 valence electrons. The number of epoxide rings is 1. The predicted octanol–water partition coefficient (Wildman–Crippen LogP) is 5.40. The molecule has 0 spiro atoms. The predicted molar refractivity (Wildman–Crippen MR) is 124 cm³/mol. The molecule has 2 aliphatic carbocycles. The van der Waals surface area contributed by atoms with Gasteiger partial charge in [-0.2, -0.15) is 0 Å². The van der Waals surface area contributed by atoms with E-state index in [4.69, 9.17) is 19.3 Å². The summed E-state index contributed by atoms with van der Waals surface area (Å²) in [5.41, 5.74) is 0. The third-order valence-electron chi connectivity index (χ3n) is 4.05. The van der Waals surface area contributed by atoms with Crippen LogP contribution in [0.5, 0.6) is 0 Å². The third-order valence-corrected chi connectivity index (χ3v) is 4.05. The summed E-state index contributed by atoms with van der Waals surface area (Å²) < 4.78 is 44.3. The summed E-state index contributed by atoms with van der Waals surface area (Å²) in [5, 5.41) is 17.0. The Balaban J connectivity index is -0.000000153. The molecule has 2 N–H and O–H groups in total. The fraction of sp³-hybridized carbons (Fsp3) is 0.818. The van der Waals surface area contributed by atoms with Crippen molar-refractivity contribution >= 4 is 7.54 Å². The quantitative estimate of drug-likeness (QED) is 0.317. The van der Waals surface area contributed by atoms with Gasteiger partial charge in [-0.3, -0.25) is 12.9 Å². The van der Waals surface area contributed by atoms with Crippen molar-refractivity contribution in [3.05, 3.63) is 25.3 Å². The van der Waals surface area contributed by atoms with Gasteiger partial charge >= 0.3 is 7.54 Å². The summed E-state index contributed by atoms with van der Waals surface area (Å²) in [6, 6.07) is 0. The van der Waals surface area contributed by atoms with Crippen molar-refractivity contribution in [2.24, 2.45) is 0 Å². The second-order valence-electron chi connectivity index (χ2n) is 6.30. The van der Waals surface area contributed by atoms with Gasteiger partial charge < -0.3 is 24.4 Å². The van der Waals surface area contributed by atoms with Crippen molar-refractivity contribution in [3.63, 3.8) is 0 Å². The van der Waals surface area contributed by atoms with E-state index in [9.17, 15) is 18.1 Å². The SMILES string of the molecule is C.C.C1CC2OC2C1.C=CCO.C=CCO[C@@H]1CCC[C@H]1O.CCOCC.FB(F)F. The number of rotatable bonds is 6. The molecule has 4 atom stereocenters. The topological polar surface area (TPSA) is 71.5 Å². The molecule has 2 saturated carbocycles. The zero-order chi connectivity index (χ0) is 22.5. The molecule has 0 aromatic heterocycles. The van der Waals surface area contributed by atoms with Crippen LogP contribution in [-0.4, -0.2) is 68.6 Å². The van der Waals surface area contributed by atoms with Crippen molar-refractivity contribution in [2.75, 3.05) is 26.4 Å². The first-order chi connectivity index (χ1) is 13.9. The molecular formula is C22H46BF3O5. The molecule has 0 bridgehead atoms. The molecule has 1 saturated heterocycles. The molecule has 3 fully saturated rings. The van der Waals surface area contributed by atoms with Gasteiger partial charge in [0.1, 0.15) is 0 Å². The van der Waals surface area contributed by atoms with Gasteiger partial charge in [-0.05, 0) is 52.4 Å². The Morgan fingerprint density at radius 2 is 1.42 bits per heavy atom. The second-order valence-corrected chi connectivity index (χ2v) is 6.30. The summed E-state index contributed by atoms with van der Waals surface area (Å²) in [4.78, 5) is 0. The van der Waals surface area contributed by atoms with Crippen LogP contribution in [0, 0.1) is 0 Å². The van der Waals surface area contributed by atoms with E-state index in [-0.39, 0.29) is 33.7 Å². The lowest BCUT2D eigenvalue weighted by Crippen LogP contribution is -2.22. The lowest BCUT2D eigenvalue weighted by Gasteiger charge is -2.13. The third kappa shape index (κ3) is 27.1. The average molecular weight is 458 g/mol. The van der Waals surface area contributed by atoms with Gasteiger partial charge in [0.05, 0.1) is 37.6 Å². The summed E-state index contributed by atoms with van der Waals surface area (Å²) in [6.45, 7) is 13.1. The number of fused-ring (bicyclic) bond motifs is 1. The first kappa shape index (κ1) is 37.5. The number of halogens is 3. The van der Waals surface area contributed by atoms with Gasteiger partial charge in [-0.1, -0.05) is 27.0 Å². The van der Waals surface area contributed by atoms with E-state index in [0.717, 1.165) is 32.5 Å². The number of ether oxygens (including phenoxy) is 3. The minimum Gasteiger partial charge on any atom is -0.392 e. The van der Waals surface area contributed by atoms with E-state index in [2.05, 4.69) is 13.2 Å². The second kappa shape index (κ2) is 27.2. The molecule has 2 unspecified atom stereocenters. The maximum absolute atomic E-state index is 9.67. The molecule has 0 radical (unpaired) electrons. The van der Waals surface area contributed by atoms with E-state index in [1.54, 1.807) is 6.08 Å². The van der Waals surface area contributed by atoms with E-state index in [1.165, 1.54) is 25.3 Å². The van der Waals surface area contributed by atoms with Gasteiger partial charge in [-0.25, -0.2) is 0 Å². The molecule has 1 heterocycles. The van der Waals surface area contributed by atoms with Gasteiger partial charge in [0, 0.05) is 13.2 Å². The van der Waals surface area contributed by atoms with Crippen LogP contribution in [0.4, 0.5) is 12.9 Å². The summed E-state index contributed by atoms with van der Waals surface area (Å²) in [7, 11) is -3.67. The Morgan fingerprint density at radius 3 is 1.61 bits per heavy atom. The molecule has 5 nitrogen and oxygen atoms in total.